The summed E-state index contributed by atoms with van der Waals surface area (Å²) in [5.41, 5.74) is 3.04. The maximum Gasteiger partial charge on any atom is 0.191 e. The van der Waals surface area contributed by atoms with Gasteiger partial charge in [-0.1, -0.05) is 6.07 Å². The molecular weight excluding hydrogens is 333 g/mol. The molecule has 1 aromatic carbocycles. The van der Waals surface area contributed by atoms with Crippen LogP contribution in [0.15, 0.2) is 29.3 Å². The topological polar surface area (TPSA) is 63.5 Å². The van der Waals surface area contributed by atoms with Crippen LogP contribution >= 0.6 is 0 Å². The highest BCUT2D eigenvalue weighted by Crippen LogP contribution is 2.18. The molecule has 0 radical (unpaired) electrons. The summed E-state index contributed by atoms with van der Waals surface area (Å²) in [7, 11) is 1.72. The minimum atomic E-state index is -0.348. The molecule has 7 heteroatoms. The van der Waals surface area contributed by atoms with Gasteiger partial charge < -0.3 is 15.4 Å². The van der Waals surface area contributed by atoms with Gasteiger partial charge in [-0.2, -0.15) is 5.10 Å². The third-order valence-electron chi connectivity index (χ3n) is 3.92. The summed E-state index contributed by atoms with van der Waals surface area (Å²) in [5, 5.41) is 10.9. The Morgan fingerprint density at radius 1 is 1.27 bits per heavy atom. The average molecular weight is 361 g/mol. The molecule has 0 aliphatic heterocycles. The van der Waals surface area contributed by atoms with Crippen LogP contribution in [0.2, 0.25) is 0 Å². The van der Waals surface area contributed by atoms with Crippen molar-refractivity contribution in [1.29, 1.82) is 0 Å². The maximum atomic E-state index is 13.9. The molecule has 6 nitrogen and oxygen atoms in total. The summed E-state index contributed by atoms with van der Waals surface area (Å²) >= 11 is 0. The zero-order valence-electron chi connectivity index (χ0n) is 16.0. The minimum absolute atomic E-state index is 0.280. The van der Waals surface area contributed by atoms with Gasteiger partial charge in [-0.3, -0.25) is 9.67 Å². The lowest BCUT2D eigenvalue weighted by atomic mass is 10.2. The van der Waals surface area contributed by atoms with Crippen molar-refractivity contribution in [2.75, 3.05) is 20.2 Å². The fourth-order valence-electron chi connectivity index (χ4n) is 2.67. The van der Waals surface area contributed by atoms with Crippen LogP contribution < -0.4 is 15.4 Å². The van der Waals surface area contributed by atoms with Gasteiger partial charge in [0.1, 0.15) is 0 Å². The van der Waals surface area contributed by atoms with Crippen molar-refractivity contribution in [3.63, 3.8) is 0 Å². The van der Waals surface area contributed by atoms with Crippen molar-refractivity contribution < 1.29 is 9.13 Å². The third-order valence-corrected chi connectivity index (χ3v) is 3.92. The van der Waals surface area contributed by atoms with E-state index >= 15 is 0 Å². The zero-order valence-corrected chi connectivity index (χ0v) is 16.0. The number of benzene rings is 1. The van der Waals surface area contributed by atoms with E-state index < -0.39 is 0 Å². The molecule has 0 bridgehead atoms. The van der Waals surface area contributed by atoms with Crippen molar-refractivity contribution >= 4 is 5.96 Å². The Kier molecular flexibility index (Phi) is 7.44. The molecule has 0 aliphatic rings. The lowest BCUT2D eigenvalue weighted by Crippen LogP contribution is -2.37. The van der Waals surface area contributed by atoms with E-state index in [0.717, 1.165) is 30.8 Å². The predicted octanol–water partition coefficient (Wildman–Crippen LogP) is 2.79. The molecule has 2 aromatic rings. The number of guanidine groups is 1. The predicted molar refractivity (Wildman–Crippen MR) is 102 cm³/mol. The van der Waals surface area contributed by atoms with Crippen molar-refractivity contribution in [2.24, 2.45) is 4.99 Å². The van der Waals surface area contributed by atoms with E-state index in [1.54, 1.807) is 13.1 Å². The molecular formula is C19H28FN5O. The fourth-order valence-corrected chi connectivity index (χ4v) is 2.67. The van der Waals surface area contributed by atoms with Gasteiger partial charge >= 0.3 is 0 Å². The summed E-state index contributed by atoms with van der Waals surface area (Å²) in [5.74, 6) is 0.620. The summed E-state index contributed by atoms with van der Waals surface area (Å²) in [6, 6.07) is 7.05. The minimum Gasteiger partial charge on any atom is -0.491 e. The van der Waals surface area contributed by atoms with Crippen LogP contribution in [0.4, 0.5) is 4.39 Å². The maximum absolute atomic E-state index is 13.9. The largest absolute Gasteiger partial charge is 0.491 e. The number of ether oxygens (including phenoxy) is 1. The molecule has 26 heavy (non-hydrogen) atoms. The van der Waals surface area contributed by atoms with Crippen molar-refractivity contribution in [1.82, 2.24) is 20.4 Å². The molecule has 0 saturated carbocycles. The molecule has 0 aliphatic carbocycles. The highest BCUT2D eigenvalue weighted by atomic mass is 19.1. The molecule has 2 N–H and O–H groups in total. The van der Waals surface area contributed by atoms with Gasteiger partial charge in [0.05, 0.1) is 12.3 Å². The molecule has 0 amide bonds. The van der Waals surface area contributed by atoms with Crippen molar-refractivity contribution in [3.05, 3.63) is 47.0 Å². The van der Waals surface area contributed by atoms with Gasteiger partial charge in [0.15, 0.2) is 17.5 Å². The molecule has 0 spiro atoms. The fraction of sp³-hybridized carbons (Fsp3) is 0.474. The monoisotopic (exact) mass is 361 g/mol. The van der Waals surface area contributed by atoms with Gasteiger partial charge in [0.25, 0.3) is 0 Å². The molecule has 0 fully saturated rings. The second-order valence-corrected chi connectivity index (χ2v) is 6.05. The lowest BCUT2D eigenvalue weighted by Gasteiger charge is -2.13. The number of aromatic nitrogens is 2. The number of halogens is 1. The summed E-state index contributed by atoms with van der Waals surface area (Å²) in [4.78, 5) is 4.19. The van der Waals surface area contributed by atoms with Crippen LogP contribution in [0.25, 0.3) is 0 Å². The smallest absolute Gasteiger partial charge is 0.191 e. The summed E-state index contributed by atoms with van der Waals surface area (Å²) in [6.45, 7) is 8.45. The first-order valence-corrected chi connectivity index (χ1v) is 8.90. The van der Waals surface area contributed by atoms with Crippen LogP contribution in [0.5, 0.6) is 5.75 Å². The Labute approximate surface area is 154 Å². The first-order valence-electron chi connectivity index (χ1n) is 8.90. The summed E-state index contributed by atoms with van der Waals surface area (Å²) < 4.78 is 21.1. The van der Waals surface area contributed by atoms with E-state index in [2.05, 4.69) is 33.7 Å². The first kappa shape index (κ1) is 19.8. The number of nitrogens with one attached hydrogen (secondary N) is 2. The van der Waals surface area contributed by atoms with E-state index in [9.17, 15) is 4.39 Å². The van der Waals surface area contributed by atoms with Gasteiger partial charge in [-0.05, 0) is 51.0 Å². The molecule has 142 valence electrons. The number of aryl methyl sites for hydroxylation is 3. The van der Waals surface area contributed by atoms with Crippen LogP contribution in [-0.2, 0) is 13.1 Å². The Morgan fingerprint density at radius 2 is 2.08 bits per heavy atom. The Balaban J connectivity index is 1.75. The highest BCUT2D eigenvalue weighted by molar-refractivity contribution is 5.79. The SMILES string of the molecule is CCOc1ccc(CNC(=NC)NCCCn2nc(C)cc2C)cc1F. The third kappa shape index (κ3) is 5.75. The van der Waals surface area contributed by atoms with Crippen molar-refractivity contribution in [3.8, 4) is 5.75 Å². The Hall–Kier alpha value is -2.57. The van der Waals surface area contributed by atoms with E-state index in [1.165, 1.54) is 11.8 Å². The molecule has 0 unspecified atom stereocenters. The van der Waals surface area contributed by atoms with Gasteiger partial charge in [0.2, 0.25) is 0 Å². The number of aliphatic imine (C=N–C) groups is 1. The zero-order chi connectivity index (χ0) is 18.9. The van der Waals surface area contributed by atoms with E-state index in [4.69, 9.17) is 4.74 Å². The second-order valence-electron chi connectivity index (χ2n) is 6.05. The number of rotatable bonds is 8. The van der Waals surface area contributed by atoms with Crippen LogP contribution in [0, 0.1) is 19.7 Å². The van der Waals surface area contributed by atoms with Gasteiger partial charge in [-0.15, -0.1) is 0 Å². The van der Waals surface area contributed by atoms with Crippen LogP contribution in [0.3, 0.4) is 0 Å². The molecule has 1 heterocycles. The lowest BCUT2D eigenvalue weighted by molar-refractivity contribution is 0.321. The number of nitrogens with zero attached hydrogens (tertiary/aromatic N) is 3. The number of hydrogen-bond donors (Lipinski definition) is 2. The molecule has 1 aromatic heterocycles. The highest BCUT2D eigenvalue weighted by Gasteiger charge is 2.05. The van der Waals surface area contributed by atoms with Gasteiger partial charge in [-0.25, -0.2) is 4.39 Å². The van der Waals surface area contributed by atoms with Crippen molar-refractivity contribution in [2.45, 2.75) is 40.3 Å². The van der Waals surface area contributed by atoms with E-state index in [1.807, 2.05) is 24.6 Å². The number of hydrogen-bond acceptors (Lipinski definition) is 3. The quantitative estimate of drug-likeness (QED) is 0.431. The molecule has 0 saturated heterocycles. The van der Waals surface area contributed by atoms with Gasteiger partial charge in [0, 0.05) is 32.4 Å². The standard InChI is InChI=1S/C19H28FN5O/c1-5-26-18-8-7-16(12-17(18)20)13-23-19(21-4)22-9-6-10-25-15(3)11-14(2)24-25/h7-8,11-12H,5-6,9-10,13H2,1-4H3,(H2,21,22,23). The van der Waals surface area contributed by atoms with E-state index in [0.29, 0.717) is 19.1 Å². The molecule has 2 rings (SSSR count). The Bertz CT molecular complexity index is 742. The van der Waals surface area contributed by atoms with Crippen LogP contribution in [-0.4, -0.2) is 35.9 Å². The van der Waals surface area contributed by atoms with Crippen LogP contribution in [0.1, 0.15) is 30.3 Å². The molecule has 0 atom stereocenters. The first-order chi connectivity index (χ1) is 12.5. The summed E-state index contributed by atoms with van der Waals surface area (Å²) in [6.07, 6.45) is 0.931. The average Bonchev–Trinajstić information content (AvgIpc) is 2.94. The second kappa shape index (κ2) is 9.79. The normalized spacial score (nSPS) is 11.5. The van der Waals surface area contributed by atoms with E-state index in [-0.39, 0.29) is 11.6 Å². The Morgan fingerprint density at radius 3 is 2.69 bits per heavy atom.